The number of carbonyl (C=O) groups excluding carboxylic acids is 2. The van der Waals surface area contributed by atoms with Crippen LogP contribution in [0.25, 0.3) is 0 Å². The smallest absolute Gasteiger partial charge is 0.257 e. The molecule has 0 aliphatic rings. The molecule has 0 saturated carbocycles. The van der Waals surface area contributed by atoms with Crippen molar-refractivity contribution in [1.82, 2.24) is 10.2 Å². The first-order valence-electron chi connectivity index (χ1n) is 8.31. The Morgan fingerprint density at radius 1 is 1.11 bits per heavy atom. The van der Waals surface area contributed by atoms with Gasteiger partial charge in [0.2, 0.25) is 11.0 Å². The summed E-state index contributed by atoms with van der Waals surface area (Å²) in [6, 6.07) is 13.0. The van der Waals surface area contributed by atoms with Crippen molar-refractivity contribution in [3.8, 4) is 0 Å². The van der Waals surface area contributed by atoms with Gasteiger partial charge >= 0.3 is 0 Å². The highest BCUT2D eigenvalue weighted by Gasteiger charge is 2.12. The Balaban J connectivity index is 1.53. The average molecular weight is 477 g/mol. The summed E-state index contributed by atoms with van der Waals surface area (Å²) in [5.41, 5.74) is 3.49. The Morgan fingerprint density at radius 2 is 1.93 bits per heavy atom. The predicted molar refractivity (Wildman–Crippen MR) is 117 cm³/mol. The normalized spacial score (nSPS) is 10.5. The number of benzene rings is 2. The largest absolute Gasteiger partial charge is 0.325 e. The molecule has 0 aliphatic heterocycles. The third kappa shape index (κ3) is 5.63. The van der Waals surface area contributed by atoms with Gasteiger partial charge in [-0.2, -0.15) is 0 Å². The van der Waals surface area contributed by atoms with Crippen molar-refractivity contribution in [2.24, 2.45) is 0 Å². The number of nitrogens with one attached hydrogen (secondary N) is 2. The maximum absolute atomic E-state index is 12.2. The Hall–Kier alpha value is -2.23. The van der Waals surface area contributed by atoms with Crippen LogP contribution in [0.15, 0.2) is 51.3 Å². The summed E-state index contributed by atoms with van der Waals surface area (Å²) in [5, 5.41) is 14.0. The van der Waals surface area contributed by atoms with E-state index >= 15 is 0 Å². The molecule has 2 aromatic carbocycles. The number of anilines is 2. The molecule has 2 amide bonds. The lowest BCUT2D eigenvalue weighted by molar-refractivity contribution is -0.113. The maximum Gasteiger partial charge on any atom is 0.257 e. The van der Waals surface area contributed by atoms with Gasteiger partial charge in [0.05, 0.1) is 5.75 Å². The van der Waals surface area contributed by atoms with Crippen molar-refractivity contribution in [3.63, 3.8) is 0 Å². The molecule has 0 aliphatic carbocycles. The molecule has 1 heterocycles. The highest BCUT2D eigenvalue weighted by molar-refractivity contribution is 9.10. The van der Waals surface area contributed by atoms with Crippen LogP contribution in [0.5, 0.6) is 0 Å². The quantitative estimate of drug-likeness (QED) is 0.390. The Kier molecular flexibility index (Phi) is 6.82. The SMILES string of the molecule is Cc1ccc(NC(=O)CSc2nnc(NC(=O)c3cccc(Br)c3)s2)c(C)c1. The zero-order valence-corrected chi connectivity index (χ0v) is 18.4. The molecule has 6 nitrogen and oxygen atoms in total. The van der Waals surface area contributed by atoms with E-state index in [4.69, 9.17) is 0 Å². The van der Waals surface area contributed by atoms with Gasteiger partial charge in [0.25, 0.3) is 5.91 Å². The molecule has 0 atom stereocenters. The molecule has 0 unspecified atom stereocenters. The van der Waals surface area contributed by atoms with Crippen molar-refractivity contribution in [2.75, 3.05) is 16.4 Å². The van der Waals surface area contributed by atoms with E-state index in [2.05, 4.69) is 36.8 Å². The van der Waals surface area contributed by atoms with E-state index in [-0.39, 0.29) is 17.6 Å². The lowest BCUT2D eigenvalue weighted by Crippen LogP contribution is -2.14. The third-order valence-corrected chi connectivity index (χ3v) is 6.16. The molecule has 28 heavy (non-hydrogen) atoms. The summed E-state index contributed by atoms with van der Waals surface area (Å²) in [6.45, 7) is 3.97. The maximum atomic E-state index is 12.2. The lowest BCUT2D eigenvalue weighted by Gasteiger charge is -2.08. The average Bonchev–Trinajstić information content (AvgIpc) is 3.10. The predicted octanol–water partition coefficient (Wildman–Crippen LogP) is 4.90. The van der Waals surface area contributed by atoms with Gasteiger partial charge in [-0.25, -0.2) is 0 Å². The summed E-state index contributed by atoms with van der Waals surface area (Å²) >= 11 is 5.85. The van der Waals surface area contributed by atoms with Crippen molar-refractivity contribution in [1.29, 1.82) is 0 Å². The summed E-state index contributed by atoms with van der Waals surface area (Å²) in [7, 11) is 0. The van der Waals surface area contributed by atoms with Crippen LogP contribution in [0.3, 0.4) is 0 Å². The van der Waals surface area contributed by atoms with Crippen molar-refractivity contribution in [3.05, 3.63) is 63.6 Å². The Morgan fingerprint density at radius 3 is 2.68 bits per heavy atom. The number of hydrogen-bond donors (Lipinski definition) is 2. The van der Waals surface area contributed by atoms with E-state index in [9.17, 15) is 9.59 Å². The second kappa shape index (κ2) is 9.31. The molecule has 1 aromatic heterocycles. The molecule has 2 N–H and O–H groups in total. The van der Waals surface area contributed by atoms with Crippen LogP contribution in [0, 0.1) is 13.8 Å². The molecule has 0 fully saturated rings. The summed E-state index contributed by atoms with van der Waals surface area (Å²) < 4.78 is 1.43. The van der Waals surface area contributed by atoms with Crippen LogP contribution in [0.2, 0.25) is 0 Å². The monoisotopic (exact) mass is 476 g/mol. The number of amides is 2. The fourth-order valence-corrected chi connectivity index (χ4v) is 4.33. The lowest BCUT2D eigenvalue weighted by atomic mass is 10.1. The third-order valence-electron chi connectivity index (χ3n) is 3.70. The fraction of sp³-hybridized carbons (Fsp3) is 0.158. The van der Waals surface area contributed by atoms with Gasteiger partial charge in [-0.05, 0) is 43.7 Å². The van der Waals surface area contributed by atoms with Gasteiger partial charge in [0.1, 0.15) is 0 Å². The van der Waals surface area contributed by atoms with Crippen LogP contribution in [-0.2, 0) is 4.79 Å². The molecular weight excluding hydrogens is 460 g/mol. The Bertz CT molecular complexity index is 1020. The van der Waals surface area contributed by atoms with E-state index in [1.165, 1.54) is 23.1 Å². The van der Waals surface area contributed by atoms with Crippen LogP contribution in [-0.4, -0.2) is 27.8 Å². The molecule has 3 aromatic rings. The van der Waals surface area contributed by atoms with Gasteiger partial charge in [0, 0.05) is 15.7 Å². The number of rotatable bonds is 6. The molecule has 0 saturated heterocycles. The van der Waals surface area contributed by atoms with Crippen molar-refractivity contribution < 1.29 is 9.59 Å². The van der Waals surface area contributed by atoms with Crippen molar-refractivity contribution in [2.45, 2.75) is 18.2 Å². The molecule has 0 bridgehead atoms. The topological polar surface area (TPSA) is 84.0 Å². The number of aromatic nitrogens is 2. The summed E-state index contributed by atoms with van der Waals surface area (Å²) in [4.78, 5) is 24.4. The minimum atomic E-state index is -0.262. The summed E-state index contributed by atoms with van der Waals surface area (Å²) in [5.74, 6) is -0.171. The van der Waals surface area contributed by atoms with E-state index in [0.29, 0.717) is 15.0 Å². The molecule has 144 valence electrons. The van der Waals surface area contributed by atoms with E-state index in [1.54, 1.807) is 18.2 Å². The highest BCUT2D eigenvalue weighted by Crippen LogP contribution is 2.26. The first-order valence-corrected chi connectivity index (χ1v) is 10.9. The minimum absolute atomic E-state index is 0.119. The van der Waals surface area contributed by atoms with Crippen LogP contribution < -0.4 is 10.6 Å². The van der Waals surface area contributed by atoms with Crippen LogP contribution >= 0.6 is 39.0 Å². The molecular formula is C19H17BrN4O2S2. The molecule has 3 rings (SSSR count). The molecule has 0 spiro atoms. The number of aryl methyl sites for hydroxylation is 2. The van der Waals surface area contributed by atoms with E-state index < -0.39 is 0 Å². The van der Waals surface area contributed by atoms with E-state index in [0.717, 1.165) is 21.3 Å². The van der Waals surface area contributed by atoms with Gasteiger partial charge < -0.3 is 5.32 Å². The fourth-order valence-electron chi connectivity index (χ4n) is 2.39. The molecule has 9 heteroatoms. The molecule has 0 radical (unpaired) electrons. The van der Waals surface area contributed by atoms with Crippen molar-refractivity contribution >= 4 is 61.7 Å². The summed E-state index contributed by atoms with van der Waals surface area (Å²) in [6.07, 6.45) is 0. The van der Waals surface area contributed by atoms with E-state index in [1.807, 2.05) is 38.1 Å². The van der Waals surface area contributed by atoms with Gasteiger partial charge in [-0.3, -0.25) is 14.9 Å². The number of hydrogen-bond acceptors (Lipinski definition) is 6. The number of halogens is 1. The second-order valence-corrected chi connectivity index (χ2v) is 9.11. The Labute approximate surface area is 179 Å². The first kappa shape index (κ1) is 20.5. The zero-order chi connectivity index (χ0) is 20.1. The first-order chi connectivity index (χ1) is 13.4. The van der Waals surface area contributed by atoms with Gasteiger partial charge in [0.15, 0.2) is 4.34 Å². The second-order valence-electron chi connectivity index (χ2n) is 5.99. The standard InChI is InChI=1S/C19H17BrN4O2S2/c1-11-6-7-15(12(2)8-11)21-16(25)10-27-19-24-23-18(28-19)22-17(26)13-4-3-5-14(20)9-13/h3-9H,10H2,1-2H3,(H,21,25)(H,22,23,26). The van der Waals surface area contributed by atoms with Crippen LogP contribution in [0.1, 0.15) is 21.5 Å². The zero-order valence-electron chi connectivity index (χ0n) is 15.2. The van der Waals surface area contributed by atoms with Gasteiger partial charge in [-0.1, -0.05) is 62.8 Å². The number of carbonyl (C=O) groups is 2. The number of nitrogens with zero attached hydrogens (tertiary/aromatic N) is 2. The number of thioether (sulfide) groups is 1. The highest BCUT2D eigenvalue weighted by atomic mass is 79.9. The van der Waals surface area contributed by atoms with Gasteiger partial charge in [-0.15, -0.1) is 10.2 Å². The minimum Gasteiger partial charge on any atom is -0.325 e. The van der Waals surface area contributed by atoms with Crippen LogP contribution in [0.4, 0.5) is 10.8 Å².